The second-order valence-electron chi connectivity index (χ2n) is 4.33. The molecule has 3 nitrogen and oxygen atoms in total. The van der Waals surface area contributed by atoms with E-state index in [0.29, 0.717) is 11.6 Å². The molecule has 0 spiro atoms. The lowest BCUT2D eigenvalue weighted by atomic mass is 10.1. The highest BCUT2D eigenvalue weighted by molar-refractivity contribution is 6.30. The molecule has 0 saturated heterocycles. The van der Waals surface area contributed by atoms with Gasteiger partial charge in [-0.1, -0.05) is 47.1 Å². The third-order valence-corrected chi connectivity index (χ3v) is 3.12. The van der Waals surface area contributed by atoms with Gasteiger partial charge in [0.25, 0.3) is 0 Å². The van der Waals surface area contributed by atoms with E-state index in [1.54, 1.807) is 12.3 Å². The zero-order valence-electron chi connectivity index (χ0n) is 10.6. The average molecular weight is 286 g/mol. The van der Waals surface area contributed by atoms with Crippen molar-refractivity contribution in [1.29, 1.82) is 0 Å². The van der Waals surface area contributed by atoms with Crippen molar-refractivity contribution in [2.45, 2.75) is 6.61 Å². The zero-order chi connectivity index (χ0) is 13.8. The number of ether oxygens (including phenoxy) is 1. The van der Waals surface area contributed by atoms with Gasteiger partial charge in [0.05, 0.1) is 0 Å². The first-order valence-electron chi connectivity index (χ1n) is 6.19. The fourth-order valence-corrected chi connectivity index (χ4v) is 2.04. The smallest absolute Gasteiger partial charge is 0.124 e. The number of benzene rings is 2. The minimum absolute atomic E-state index is 0.499. The van der Waals surface area contributed by atoms with Gasteiger partial charge >= 0.3 is 0 Å². The zero-order valence-corrected chi connectivity index (χ0v) is 11.4. The van der Waals surface area contributed by atoms with Crippen LogP contribution in [0.2, 0.25) is 5.02 Å². The maximum Gasteiger partial charge on any atom is 0.124 e. The largest absolute Gasteiger partial charge is 0.489 e. The molecule has 0 atom stereocenters. The number of hydrogen-bond donors (Lipinski definition) is 0. The van der Waals surface area contributed by atoms with Gasteiger partial charge in [-0.25, -0.2) is 0 Å². The summed E-state index contributed by atoms with van der Waals surface area (Å²) in [6, 6.07) is 17.2. The SMILES string of the molecule is Clc1cccc(OCc2ccc(-c3ccon3)cc2)c1. The third kappa shape index (κ3) is 3.00. The lowest BCUT2D eigenvalue weighted by Gasteiger charge is -2.07. The van der Waals surface area contributed by atoms with Crippen LogP contribution >= 0.6 is 11.6 Å². The Bertz CT molecular complexity index is 678. The highest BCUT2D eigenvalue weighted by atomic mass is 35.5. The van der Waals surface area contributed by atoms with E-state index in [-0.39, 0.29) is 0 Å². The maximum absolute atomic E-state index is 5.91. The lowest BCUT2D eigenvalue weighted by Crippen LogP contribution is -1.95. The molecule has 2 aromatic carbocycles. The summed E-state index contributed by atoms with van der Waals surface area (Å²) in [6.07, 6.45) is 1.56. The van der Waals surface area contributed by atoms with Gasteiger partial charge in [-0.2, -0.15) is 0 Å². The molecule has 0 amide bonds. The van der Waals surface area contributed by atoms with E-state index >= 15 is 0 Å². The monoisotopic (exact) mass is 285 g/mol. The van der Waals surface area contributed by atoms with Crippen molar-refractivity contribution in [2.24, 2.45) is 0 Å². The predicted octanol–water partition coefficient (Wildman–Crippen LogP) is 4.57. The number of aromatic nitrogens is 1. The second kappa shape index (κ2) is 5.80. The molecule has 0 aliphatic carbocycles. The van der Waals surface area contributed by atoms with Crippen LogP contribution in [-0.2, 0) is 6.61 Å². The number of halogens is 1. The molecule has 3 aromatic rings. The van der Waals surface area contributed by atoms with Crippen LogP contribution in [0.25, 0.3) is 11.3 Å². The van der Waals surface area contributed by atoms with Crippen LogP contribution in [-0.4, -0.2) is 5.16 Å². The summed E-state index contributed by atoms with van der Waals surface area (Å²) in [6.45, 7) is 0.499. The van der Waals surface area contributed by atoms with Crippen molar-refractivity contribution < 1.29 is 9.26 Å². The summed E-state index contributed by atoms with van der Waals surface area (Å²) in [5.41, 5.74) is 2.93. The first kappa shape index (κ1) is 12.8. The van der Waals surface area contributed by atoms with Crippen molar-refractivity contribution in [2.75, 3.05) is 0 Å². The van der Waals surface area contributed by atoms with Gasteiger partial charge < -0.3 is 9.26 Å². The summed E-state index contributed by atoms with van der Waals surface area (Å²) in [5, 5.41) is 4.57. The van der Waals surface area contributed by atoms with E-state index in [9.17, 15) is 0 Å². The van der Waals surface area contributed by atoms with E-state index in [4.69, 9.17) is 20.9 Å². The highest BCUT2D eigenvalue weighted by Crippen LogP contribution is 2.20. The number of rotatable bonds is 4. The van der Waals surface area contributed by atoms with Crippen molar-refractivity contribution in [3.8, 4) is 17.0 Å². The van der Waals surface area contributed by atoms with E-state index in [0.717, 1.165) is 22.6 Å². The first-order chi connectivity index (χ1) is 9.81. The van der Waals surface area contributed by atoms with Crippen molar-refractivity contribution in [3.05, 3.63) is 71.4 Å². The number of nitrogens with zero attached hydrogens (tertiary/aromatic N) is 1. The van der Waals surface area contributed by atoms with Crippen LogP contribution < -0.4 is 4.74 Å². The maximum atomic E-state index is 5.91. The molecule has 0 radical (unpaired) electrons. The normalized spacial score (nSPS) is 10.4. The molecule has 20 heavy (non-hydrogen) atoms. The third-order valence-electron chi connectivity index (χ3n) is 2.89. The summed E-state index contributed by atoms with van der Waals surface area (Å²) < 4.78 is 10.5. The van der Waals surface area contributed by atoms with Crippen LogP contribution in [0.3, 0.4) is 0 Å². The second-order valence-corrected chi connectivity index (χ2v) is 4.76. The molecule has 1 aromatic heterocycles. The molecular weight excluding hydrogens is 274 g/mol. The minimum Gasteiger partial charge on any atom is -0.489 e. The molecule has 0 unspecified atom stereocenters. The molecule has 0 fully saturated rings. The number of hydrogen-bond acceptors (Lipinski definition) is 3. The highest BCUT2D eigenvalue weighted by Gasteiger charge is 2.02. The Morgan fingerprint density at radius 1 is 1.05 bits per heavy atom. The molecule has 0 aliphatic heterocycles. The van der Waals surface area contributed by atoms with Crippen LogP contribution in [0.15, 0.2) is 65.4 Å². The van der Waals surface area contributed by atoms with Gasteiger partial charge in [-0.3, -0.25) is 0 Å². The van der Waals surface area contributed by atoms with Gasteiger partial charge in [0.15, 0.2) is 0 Å². The molecule has 0 saturated carbocycles. The van der Waals surface area contributed by atoms with Gasteiger partial charge in [-0.05, 0) is 23.8 Å². The van der Waals surface area contributed by atoms with Crippen molar-refractivity contribution >= 4 is 11.6 Å². The molecule has 4 heteroatoms. The Labute approximate surface area is 121 Å². The van der Waals surface area contributed by atoms with Crippen LogP contribution in [0.5, 0.6) is 5.75 Å². The van der Waals surface area contributed by atoms with E-state index < -0.39 is 0 Å². The van der Waals surface area contributed by atoms with Gasteiger partial charge in [0.1, 0.15) is 24.3 Å². The average Bonchev–Trinajstić information content (AvgIpc) is 3.00. The Kier molecular flexibility index (Phi) is 3.70. The lowest BCUT2D eigenvalue weighted by molar-refractivity contribution is 0.306. The Morgan fingerprint density at radius 2 is 1.90 bits per heavy atom. The standard InChI is InChI=1S/C16H12ClNO2/c17-14-2-1-3-15(10-14)19-11-12-4-6-13(7-5-12)16-8-9-20-18-16/h1-10H,11H2. The van der Waals surface area contributed by atoms with E-state index in [1.807, 2.05) is 48.5 Å². The summed E-state index contributed by atoms with van der Waals surface area (Å²) >= 11 is 5.91. The summed E-state index contributed by atoms with van der Waals surface area (Å²) in [4.78, 5) is 0. The Hall–Kier alpha value is -2.26. The van der Waals surface area contributed by atoms with Gasteiger partial charge in [-0.15, -0.1) is 0 Å². The van der Waals surface area contributed by atoms with Crippen LogP contribution in [0.1, 0.15) is 5.56 Å². The fourth-order valence-electron chi connectivity index (χ4n) is 1.86. The minimum atomic E-state index is 0.499. The van der Waals surface area contributed by atoms with E-state index in [2.05, 4.69) is 5.16 Å². The topological polar surface area (TPSA) is 35.3 Å². The summed E-state index contributed by atoms with van der Waals surface area (Å²) in [7, 11) is 0. The van der Waals surface area contributed by atoms with Crippen molar-refractivity contribution in [3.63, 3.8) is 0 Å². The van der Waals surface area contributed by atoms with Crippen molar-refractivity contribution in [1.82, 2.24) is 5.16 Å². The van der Waals surface area contributed by atoms with Gasteiger partial charge in [0, 0.05) is 16.7 Å². The predicted molar refractivity (Wildman–Crippen MR) is 77.7 cm³/mol. The molecule has 0 N–H and O–H groups in total. The quantitative estimate of drug-likeness (QED) is 0.704. The summed E-state index contributed by atoms with van der Waals surface area (Å²) in [5.74, 6) is 0.762. The molecule has 3 rings (SSSR count). The van der Waals surface area contributed by atoms with E-state index in [1.165, 1.54) is 0 Å². The molecule has 100 valence electrons. The molecule has 0 aliphatic rings. The fraction of sp³-hybridized carbons (Fsp3) is 0.0625. The van der Waals surface area contributed by atoms with Crippen LogP contribution in [0.4, 0.5) is 0 Å². The van der Waals surface area contributed by atoms with Crippen LogP contribution in [0, 0.1) is 0 Å². The molecule has 1 heterocycles. The molecule has 0 bridgehead atoms. The van der Waals surface area contributed by atoms with Gasteiger partial charge in [0.2, 0.25) is 0 Å². The Balaban J connectivity index is 1.67. The first-order valence-corrected chi connectivity index (χ1v) is 6.57. The Morgan fingerprint density at radius 3 is 2.60 bits per heavy atom. The molecular formula is C16H12ClNO2.